The lowest BCUT2D eigenvalue weighted by atomic mass is 10.2. The van der Waals surface area contributed by atoms with Gasteiger partial charge in [-0.15, -0.1) is 0 Å². The monoisotopic (exact) mass is 378 g/mol. The number of H-pyrrole nitrogens is 1. The minimum Gasteiger partial charge on any atom is -0.497 e. The molecule has 1 aromatic heterocycles. The Bertz CT molecular complexity index is 833. The highest BCUT2D eigenvalue weighted by atomic mass is 16.5. The van der Waals surface area contributed by atoms with E-state index in [4.69, 9.17) is 4.74 Å². The topological polar surface area (TPSA) is 43.5 Å². The highest BCUT2D eigenvalue weighted by Gasteiger charge is 2.17. The van der Waals surface area contributed by atoms with E-state index in [9.17, 15) is 0 Å². The molecule has 2 aromatic carbocycles. The van der Waals surface area contributed by atoms with Crippen LogP contribution in [0.4, 0.5) is 0 Å². The van der Waals surface area contributed by atoms with Gasteiger partial charge in [0, 0.05) is 63.6 Å². The summed E-state index contributed by atoms with van der Waals surface area (Å²) in [5.41, 5.74) is 3.85. The van der Waals surface area contributed by atoms with E-state index in [0.717, 1.165) is 58.1 Å². The highest BCUT2D eigenvalue weighted by Crippen LogP contribution is 2.16. The van der Waals surface area contributed by atoms with Crippen molar-refractivity contribution >= 4 is 10.9 Å². The predicted octanol–water partition coefficient (Wildman–Crippen LogP) is 3.08. The molecule has 3 aromatic rings. The smallest absolute Gasteiger partial charge is 0.118 e. The van der Waals surface area contributed by atoms with E-state index in [-0.39, 0.29) is 0 Å². The Morgan fingerprint density at radius 3 is 2.46 bits per heavy atom. The second-order valence-corrected chi connectivity index (χ2v) is 7.52. The fourth-order valence-corrected chi connectivity index (χ4v) is 3.84. The van der Waals surface area contributed by atoms with Crippen LogP contribution in [0.3, 0.4) is 0 Å². The third-order valence-electron chi connectivity index (χ3n) is 5.54. The molecule has 148 valence electrons. The number of aromatic amines is 1. The van der Waals surface area contributed by atoms with E-state index < -0.39 is 0 Å². The summed E-state index contributed by atoms with van der Waals surface area (Å²) in [5, 5.41) is 4.86. The van der Waals surface area contributed by atoms with Crippen LogP contribution in [0.25, 0.3) is 10.9 Å². The molecule has 0 atom stereocenters. The molecule has 4 rings (SSSR count). The van der Waals surface area contributed by atoms with Crippen molar-refractivity contribution < 1.29 is 4.74 Å². The molecule has 1 aliphatic rings. The molecule has 0 amide bonds. The van der Waals surface area contributed by atoms with Crippen molar-refractivity contribution in [2.45, 2.75) is 13.1 Å². The van der Waals surface area contributed by atoms with Crippen LogP contribution in [0, 0.1) is 0 Å². The summed E-state index contributed by atoms with van der Waals surface area (Å²) >= 11 is 0. The van der Waals surface area contributed by atoms with Crippen LogP contribution in [-0.2, 0) is 13.1 Å². The third-order valence-corrected chi connectivity index (χ3v) is 5.54. The zero-order chi connectivity index (χ0) is 19.2. The van der Waals surface area contributed by atoms with Crippen LogP contribution >= 0.6 is 0 Å². The van der Waals surface area contributed by atoms with Crippen molar-refractivity contribution in [2.75, 3.05) is 46.4 Å². The van der Waals surface area contributed by atoms with Crippen LogP contribution in [0.1, 0.15) is 11.3 Å². The van der Waals surface area contributed by atoms with Crippen LogP contribution in [-0.4, -0.2) is 61.2 Å². The number of aromatic nitrogens is 1. The molecule has 0 aliphatic carbocycles. The molecule has 28 heavy (non-hydrogen) atoms. The SMILES string of the molecule is COc1ccc(CNCCN2CCN(Cc3cc4ccccc4[nH]3)CC2)cc1. The van der Waals surface area contributed by atoms with E-state index in [1.165, 1.54) is 22.2 Å². The second kappa shape index (κ2) is 9.24. The van der Waals surface area contributed by atoms with Gasteiger partial charge >= 0.3 is 0 Å². The van der Waals surface area contributed by atoms with E-state index in [1.807, 2.05) is 12.1 Å². The summed E-state index contributed by atoms with van der Waals surface area (Å²) in [5.74, 6) is 0.911. The number of nitrogens with zero attached hydrogens (tertiary/aromatic N) is 2. The summed E-state index contributed by atoms with van der Waals surface area (Å²) in [4.78, 5) is 8.65. The van der Waals surface area contributed by atoms with Gasteiger partial charge in [0.05, 0.1) is 7.11 Å². The predicted molar refractivity (Wildman–Crippen MR) is 115 cm³/mol. The maximum absolute atomic E-state index is 5.20. The molecular formula is C23H30N4O. The molecule has 0 radical (unpaired) electrons. The number of rotatable bonds is 8. The van der Waals surface area contributed by atoms with E-state index in [0.29, 0.717) is 0 Å². The Morgan fingerprint density at radius 2 is 1.71 bits per heavy atom. The van der Waals surface area contributed by atoms with Crippen LogP contribution in [0.2, 0.25) is 0 Å². The largest absolute Gasteiger partial charge is 0.497 e. The molecule has 0 unspecified atom stereocenters. The Kier molecular flexibility index (Phi) is 6.27. The minimum atomic E-state index is 0.907. The molecule has 0 saturated carbocycles. The molecule has 1 fully saturated rings. The third kappa shape index (κ3) is 4.93. The number of nitrogens with one attached hydrogen (secondary N) is 2. The second-order valence-electron chi connectivity index (χ2n) is 7.52. The molecule has 2 heterocycles. The zero-order valence-electron chi connectivity index (χ0n) is 16.7. The Labute approximate surface area is 167 Å². The lowest BCUT2D eigenvalue weighted by Crippen LogP contribution is -2.47. The van der Waals surface area contributed by atoms with Gasteiger partial charge in [-0.2, -0.15) is 0 Å². The van der Waals surface area contributed by atoms with Gasteiger partial charge in [0.2, 0.25) is 0 Å². The van der Waals surface area contributed by atoms with Gasteiger partial charge in [0.1, 0.15) is 5.75 Å². The molecular weight excluding hydrogens is 348 g/mol. The fourth-order valence-electron chi connectivity index (χ4n) is 3.84. The first kappa shape index (κ1) is 19.0. The Morgan fingerprint density at radius 1 is 0.964 bits per heavy atom. The molecule has 5 nitrogen and oxygen atoms in total. The van der Waals surface area contributed by atoms with Gasteiger partial charge in [0.15, 0.2) is 0 Å². The van der Waals surface area contributed by atoms with Crippen molar-refractivity contribution in [3.05, 3.63) is 65.9 Å². The van der Waals surface area contributed by atoms with Gasteiger partial charge in [-0.25, -0.2) is 0 Å². The number of fused-ring (bicyclic) bond motifs is 1. The standard InChI is InChI=1S/C23H30N4O/c1-28-22-8-6-19(7-9-22)17-24-10-11-26-12-14-27(15-13-26)18-21-16-20-4-2-3-5-23(20)25-21/h2-9,16,24-25H,10-15,17-18H2,1H3. The first-order valence-corrected chi connectivity index (χ1v) is 10.2. The normalized spacial score (nSPS) is 15.9. The van der Waals surface area contributed by atoms with Crippen molar-refractivity contribution in [2.24, 2.45) is 0 Å². The summed E-state index contributed by atoms with van der Waals surface area (Å²) in [6, 6.07) is 19.1. The van der Waals surface area contributed by atoms with E-state index in [1.54, 1.807) is 7.11 Å². The highest BCUT2D eigenvalue weighted by molar-refractivity contribution is 5.80. The van der Waals surface area contributed by atoms with Gasteiger partial charge in [0.25, 0.3) is 0 Å². The van der Waals surface area contributed by atoms with Crippen LogP contribution in [0.5, 0.6) is 5.75 Å². The first-order valence-electron chi connectivity index (χ1n) is 10.2. The zero-order valence-corrected chi connectivity index (χ0v) is 16.7. The maximum Gasteiger partial charge on any atom is 0.118 e. The van der Waals surface area contributed by atoms with Gasteiger partial charge in [-0.1, -0.05) is 30.3 Å². The molecule has 1 aliphatic heterocycles. The number of ether oxygens (including phenoxy) is 1. The molecule has 5 heteroatoms. The summed E-state index contributed by atoms with van der Waals surface area (Å²) in [6.07, 6.45) is 0. The van der Waals surface area contributed by atoms with E-state index >= 15 is 0 Å². The van der Waals surface area contributed by atoms with Crippen LogP contribution < -0.4 is 10.1 Å². The number of benzene rings is 2. The quantitative estimate of drug-likeness (QED) is 0.591. The molecule has 1 saturated heterocycles. The summed E-state index contributed by atoms with van der Waals surface area (Å²) in [6.45, 7) is 8.60. The fraction of sp³-hybridized carbons (Fsp3) is 0.391. The first-order chi connectivity index (χ1) is 13.8. The molecule has 0 spiro atoms. The lowest BCUT2D eigenvalue weighted by Gasteiger charge is -2.34. The molecule has 2 N–H and O–H groups in total. The average molecular weight is 379 g/mol. The Hall–Kier alpha value is -2.34. The van der Waals surface area contributed by atoms with E-state index in [2.05, 4.69) is 62.6 Å². The average Bonchev–Trinajstić information content (AvgIpc) is 3.15. The number of para-hydroxylation sites is 1. The van der Waals surface area contributed by atoms with Crippen LogP contribution in [0.15, 0.2) is 54.6 Å². The minimum absolute atomic E-state index is 0.907. The number of hydrogen-bond donors (Lipinski definition) is 2. The lowest BCUT2D eigenvalue weighted by molar-refractivity contribution is 0.127. The summed E-state index contributed by atoms with van der Waals surface area (Å²) < 4.78 is 5.20. The van der Waals surface area contributed by atoms with Crippen molar-refractivity contribution in [1.82, 2.24) is 20.1 Å². The van der Waals surface area contributed by atoms with Crippen molar-refractivity contribution in [3.63, 3.8) is 0 Å². The number of piperazine rings is 1. The van der Waals surface area contributed by atoms with Gasteiger partial charge < -0.3 is 15.0 Å². The van der Waals surface area contributed by atoms with Crippen molar-refractivity contribution in [3.8, 4) is 5.75 Å². The number of hydrogen-bond acceptors (Lipinski definition) is 4. The number of methoxy groups -OCH3 is 1. The maximum atomic E-state index is 5.20. The van der Waals surface area contributed by atoms with Gasteiger partial charge in [-0.05, 0) is 35.2 Å². The Balaban J connectivity index is 1.15. The van der Waals surface area contributed by atoms with Crippen molar-refractivity contribution in [1.29, 1.82) is 0 Å². The summed E-state index contributed by atoms with van der Waals surface area (Å²) in [7, 11) is 1.70. The van der Waals surface area contributed by atoms with Gasteiger partial charge in [-0.3, -0.25) is 9.80 Å². The molecule has 0 bridgehead atoms.